The molecule has 0 aromatic heterocycles. The molecule has 2 saturated heterocycles. The maximum absolute atomic E-state index is 13.2. The number of imide groups is 1. The Balaban J connectivity index is 1.53. The molecular weight excluding hydrogens is 340 g/mol. The smallest absolute Gasteiger partial charge is 0.239 e. The summed E-state index contributed by atoms with van der Waals surface area (Å²) in [5.41, 5.74) is 1.64. The Labute approximate surface area is 156 Å². The third kappa shape index (κ3) is 2.32. The van der Waals surface area contributed by atoms with Gasteiger partial charge in [0.1, 0.15) is 0 Å². The van der Waals surface area contributed by atoms with Crippen molar-refractivity contribution in [2.75, 3.05) is 4.90 Å². The van der Waals surface area contributed by atoms with Crippen molar-refractivity contribution >= 4 is 23.3 Å². The van der Waals surface area contributed by atoms with Gasteiger partial charge in [-0.3, -0.25) is 19.3 Å². The van der Waals surface area contributed by atoms with Crippen molar-refractivity contribution in [2.45, 2.75) is 18.6 Å². The molecule has 5 rings (SSSR count). The van der Waals surface area contributed by atoms with Gasteiger partial charge in [0.05, 0.1) is 23.6 Å². The molecule has 2 aromatic rings. The molecule has 3 aliphatic rings. The minimum absolute atomic E-state index is 0.0919. The first-order valence-electron chi connectivity index (χ1n) is 9.11. The minimum atomic E-state index is -0.617. The fourth-order valence-electron chi connectivity index (χ4n) is 4.69. The second kappa shape index (κ2) is 5.99. The molecule has 0 N–H and O–H groups in total. The van der Waals surface area contributed by atoms with Crippen LogP contribution >= 0.6 is 0 Å². The van der Waals surface area contributed by atoms with Crippen LogP contribution < -0.4 is 4.90 Å². The first-order chi connectivity index (χ1) is 13.2. The Morgan fingerprint density at radius 3 is 2.11 bits per heavy atom. The molecule has 2 fully saturated rings. The number of fused-ring (bicyclic) bond motifs is 5. The van der Waals surface area contributed by atoms with E-state index in [0.29, 0.717) is 12.2 Å². The molecule has 0 spiro atoms. The Kier molecular flexibility index (Phi) is 3.58. The number of carbonyl (C=O) groups excluding carboxylic acids is 3. The van der Waals surface area contributed by atoms with Crippen molar-refractivity contribution in [1.82, 2.24) is 4.90 Å². The number of hydrogen-bond acceptors (Lipinski definition) is 4. The van der Waals surface area contributed by atoms with E-state index in [-0.39, 0.29) is 23.6 Å². The van der Waals surface area contributed by atoms with Crippen LogP contribution in [0.5, 0.6) is 0 Å². The number of benzene rings is 2. The average Bonchev–Trinajstić information content (AvgIpc) is 3.07. The number of amides is 2. The molecule has 5 heteroatoms. The van der Waals surface area contributed by atoms with Crippen molar-refractivity contribution in [3.05, 3.63) is 78.4 Å². The molecule has 2 aromatic carbocycles. The molecule has 0 aliphatic carbocycles. The van der Waals surface area contributed by atoms with Gasteiger partial charge in [-0.15, -0.1) is 0 Å². The number of carbonyl (C=O) groups is 3. The maximum Gasteiger partial charge on any atom is 0.239 e. The van der Waals surface area contributed by atoms with Gasteiger partial charge in [0.2, 0.25) is 11.8 Å². The maximum atomic E-state index is 13.2. The molecule has 4 atom stereocenters. The normalized spacial score (nSPS) is 29.5. The summed E-state index contributed by atoms with van der Waals surface area (Å²) < 4.78 is 0. The van der Waals surface area contributed by atoms with E-state index in [9.17, 15) is 14.4 Å². The lowest BCUT2D eigenvalue weighted by Gasteiger charge is -2.33. The van der Waals surface area contributed by atoms with E-state index >= 15 is 0 Å². The summed E-state index contributed by atoms with van der Waals surface area (Å²) >= 11 is 0. The number of para-hydroxylation sites is 1. The van der Waals surface area contributed by atoms with Gasteiger partial charge in [-0.1, -0.05) is 54.6 Å². The van der Waals surface area contributed by atoms with Crippen LogP contribution in [0.4, 0.5) is 5.69 Å². The van der Waals surface area contributed by atoms with Crippen LogP contribution in [0.25, 0.3) is 0 Å². The molecule has 5 nitrogen and oxygen atoms in total. The highest BCUT2D eigenvalue weighted by Gasteiger charge is 2.64. The largest absolute Gasteiger partial charge is 0.293 e. The predicted octanol–water partition coefficient (Wildman–Crippen LogP) is 2.18. The van der Waals surface area contributed by atoms with Gasteiger partial charge in [-0.05, 0) is 23.8 Å². The number of hydrogen-bond donors (Lipinski definition) is 0. The summed E-state index contributed by atoms with van der Waals surface area (Å²) in [6, 6.07) is 18.0. The van der Waals surface area contributed by atoms with E-state index in [2.05, 4.69) is 0 Å². The summed E-state index contributed by atoms with van der Waals surface area (Å²) in [5.74, 6) is -1.69. The average molecular weight is 358 g/mol. The SMILES string of the molecule is O=C1C=C[C@H]2[C@@H]3C(=O)N(c4ccccc4)C(=O)[C@@H]3[C@H]1N2Cc1ccccc1. The summed E-state index contributed by atoms with van der Waals surface area (Å²) in [5, 5.41) is 0. The number of nitrogens with zero attached hydrogens (tertiary/aromatic N) is 2. The summed E-state index contributed by atoms with van der Waals surface area (Å²) in [6.45, 7) is 0.547. The topological polar surface area (TPSA) is 57.7 Å². The molecule has 0 unspecified atom stereocenters. The fourth-order valence-corrected chi connectivity index (χ4v) is 4.69. The van der Waals surface area contributed by atoms with Crippen LogP contribution in [-0.2, 0) is 20.9 Å². The van der Waals surface area contributed by atoms with E-state index in [4.69, 9.17) is 0 Å². The zero-order valence-corrected chi connectivity index (χ0v) is 14.6. The first-order valence-corrected chi connectivity index (χ1v) is 9.11. The van der Waals surface area contributed by atoms with Crippen LogP contribution in [0.1, 0.15) is 5.56 Å². The van der Waals surface area contributed by atoms with Crippen molar-refractivity contribution in [3.8, 4) is 0 Å². The van der Waals surface area contributed by atoms with Gasteiger partial charge in [0.25, 0.3) is 0 Å². The first kappa shape index (κ1) is 16.1. The number of ketones is 1. The molecule has 134 valence electrons. The lowest BCUT2D eigenvalue weighted by Crippen LogP contribution is -2.48. The molecular formula is C22H18N2O3. The second-order valence-corrected chi connectivity index (χ2v) is 7.25. The van der Waals surface area contributed by atoms with E-state index < -0.39 is 17.9 Å². The summed E-state index contributed by atoms with van der Waals surface area (Å²) in [6.07, 6.45) is 3.34. The zero-order chi connectivity index (χ0) is 18.5. The molecule has 0 saturated carbocycles. The van der Waals surface area contributed by atoms with Crippen molar-refractivity contribution in [2.24, 2.45) is 11.8 Å². The minimum Gasteiger partial charge on any atom is -0.293 e. The fraction of sp³-hybridized carbons (Fsp3) is 0.227. The summed E-state index contributed by atoms with van der Waals surface area (Å²) in [7, 11) is 0. The second-order valence-electron chi connectivity index (χ2n) is 7.25. The Morgan fingerprint density at radius 2 is 1.41 bits per heavy atom. The van der Waals surface area contributed by atoms with Gasteiger partial charge in [-0.25, -0.2) is 4.90 Å². The highest BCUT2D eigenvalue weighted by molar-refractivity contribution is 6.24. The van der Waals surface area contributed by atoms with E-state index in [0.717, 1.165) is 5.56 Å². The molecule has 27 heavy (non-hydrogen) atoms. The van der Waals surface area contributed by atoms with Gasteiger partial charge >= 0.3 is 0 Å². The monoisotopic (exact) mass is 358 g/mol. The van der Waals surface area contributed by atoms with Gasteiger partial charge < -0.3 is 0 Å². The van der Waals surface area contributed by atoms with E-state index in [1.165, 1.54) is 4.90 Å². The zero-order valence-electron chi connectivity index (χ0n) is 14.6. The quantitative estimate of drug-likeness (QED) is 0.789. The van der Waals surface area contributed by atoms with E-state index in [1.54, 1.807) is 36.4 Å². The number of anilines is 1. The molecule has 3 aliphatic heterocycles. The van der Waals surface area contributed by atoms with Crippen LogP contribution in [-0.4, -0.2) is 34.6 Å². The third-order valence-electron chi connectivity index (χ3n) is 5.82. The standard InChI is InChI=1S/C22H18N2O3/c25-17-12-11-16-18-19(20(17)23(16)13-14-7-3-1-4-8-14)22(27)24(21(18)26)15-9-5-2-6-10-15/h1-12,16,18-20H,13H2/t16-,18-,19-,20-/m0/s1. The van der Waals surface area contributed by atoms with Gasteiger partial charge in [0, 0.05) is 12.6 Å². The molecule has 0 radical (unpaired) electrons. The molecule has 3 heterocycles. The van der Waals surface area contributed by atoms with Crippen molar-refractivity contribution in [3.63, 3.8) is 0 Å². The summed E-state index contributed by atoms with van der Waals surface area (Å²) in [4.78, 5) is 42.3. The molecule has 2 bridgehead atoms. The predicted molar refractivity (Wildman–Crippen MR) is 99.6 cm³/mol. The highest BCUT2D eigenvalue weighted by Crippen LogP contribution is 2.47. The third-order valence-corrected chi connectivity index (χ3v) is 5.82. The van der Waals surface area contributed by atoms with Crippen LogP contribution in [0.2, 0.25) is 0 Å². The van der Waals surface area contributed by atoms with Gasteiger partial charge in [-0.2, -0.15) is 0 Å². The lowest BCUT2D eigenvalue weighted by molar-refractivity contribution is -0.129. The van der Waals surface area contributed by atoms with Crippen LogP contribution in [0, 0.1) is 11.8 Å². The Bertz CT molecular complexity index is 952. The lowest BCUT2D eigenvalue weighted by atomic mass is 9.90. The van der Waals surface area contributed by atoms with Crippen LogP contribution in [0.3, 0.4) is 0 Å². The molecule has 2 amide bonds. The van der Waals surface area contributed by atoms with Crippen molar-refractivity contribution in [1.29, 1.82) is 0 Å². The van der Waals surface area contributed by atoms with Crippen molar-refractivity contribution < 1.29 is 14.4 Å². The Morgan fingerprint density at radius 1 is 0.778 bits per heavy atom. The highest BCUT2D eigenvalue weighted by atomic mass is 16.2. The Hall–Kier alpha value is -3.05. The van der Waals surface area contributed by atoms with Crippen LogP contribution in [0.15, 0.2) is 72.8 Å². The van der Waals surface area contributed by atoms with Gasteiger partial charge in [0.15, 0.2) is 5.78 Å². The number of rotatable bonds is 3. The van der Waals surface area contributed by atoms with E-state index in [1.807, 2.05) is 41.3 Å².